The van der Waals surface area contributed by atoms with Gasteiger partial charge in [0.05, 0.1) is 21.8 Å². The lowest BCUT2D eigenvalue weighted by Gasteiger charge is -2.17. The van der Waals surface area contributed by atoms with Crippen molar-refractivity contribution in [3.8, 4) is 5.75 Å². The summed E-state index contributed by atoms with van der Waals surface area (Å²) in [6, 6.07) is 2.50. The van der Waals surface area contributed by atoms with E-state index in [1.807, 2.05) is 0 Å². The van der Waals surface area contributed by atoms with Crippen LogP contribution < -0.4 is 4.74 Å². The van der Waals surface area contributed by atoms with E-state index < -0.39 is 37.5 Å². The summed E-state index contributed by atoms with van der Waals surface area (Å²) in [4.78, 5) is 36.2. The topological polar surface area (TPSA) is 136 Å². The molecular weight excluding hydrogens is 400 g/mol. The number of methoxy groups -OCH3 is 1. The molecule has 2 aliphatic rings. The molecule has 3 rings (SSSR count). The first-order chi connectivity index (χ1) is 13.8. The molecule has 29 heavy (non-hydrogen) atoms. The maximum Gasteiger partial charge on any atom is 0.310 e. The summed E-state index contributed by atoms with van der Waals surface area (Å²) in [5.41, 5.74) is -1.75. The number of nitro groups is 1. The third kappa shape index (κ3) is 4.16. The molecule has 1 N–H and O–H groups in total. The molecule has 0 aromatic heterocycles. The van der Waals surface area contributed by atoms with Gasteiger partial charge in [0.1, 0.15) is 16.9 Å². The highest BCUT2D eigenvalue weighted by molar-refractivity contribution is 7.93. The van der Waals surface area contributed by atoms with Crippen molar-refractivity contribution in [2.75, 3.05) is 18.6 Å². The minimum Gasteiger partial charge on any atom is -0.511 e. The van der Waals surface area contributed by atoms with E-state index in [1.165, 1.54) is 19.2 Å². The molecule has 1 aliphatic carbocycles. The van der Waals surface area contributed by atoms with Crippen molar-refractivity contribution in [2.24, 2.45) is 4.36 Å². The summed E-state index contributed by atoms with van der Waals surface area (Å²) >= 11 is 0. The van der Waals surface area contributed by atoms with Gasteiger partial charge in [0.15, 0.2) is 17.2 Å². The number of carbonyl (C=O) groups excluding carboxylic acids is 2. The molecular formula is C19H22N2O7S. The fourth-order valence-corrected chi connectivity index (χ4v) is 5.80. The third-order valence-corrected chi connectivity index (χ3v) is 7.43. The van der Waals surface area contributed by atoms with Gasteiger partial charge < -0.3 is 9.84 Å². The molecule has 0 atom stereocenters. The minimum absolute atomic E-state index is 0.0229. The number of Topliss-reactive ketones (excluding diaryl/α,β-unsaturated/α-hetero) is 2. The van der Waals surface area contributed by atoms with Crippen LogP contribution in [-0.4, -0.2) is 44.4 Å². The summed E-state index contributed by atoms with van der Waals surface area (Å²) < 4.78 is 22.5. The lowest BCUT2D eigenvalue weighted by Crippen LogP contribution is -2.20. The van der Waals surface area contributed by atoms with E-state index in [-0.39, 0.29) is 35.6 Å². The summed E-state index contributed by atoms with van der Waals surface area (Å²) in [7, 11) is -1.42. The maximum atomic E-state index is 13.1. The number of carbonyl (C=O) groups is 2. The largest absolute Gasteiger partial charge is 0.511 e. The summed E-state index contributed by atoms with van der Waals surface area (Å²) in [6.45, 7) is 0. The molecule has 1 aromatic carbocycles. The monoisotopic (exact) mass is 422 g/mol. The SMILES string of the molecule is COc1ccc(C(=O)C2=C(O)CCCC2=O)c([N+](=O)[O-])c1N=S1(=O)CCCCC1. The Labute approximate surface area is 168 Å². The molecule has 0 radical (unpaired) electrons. The lowest BCUT2D eigenvalue weighted by atomic mass is 9.89. The van der Waals surface area contributed by atoms with Crippen LogP contribution in [0.5, 0.6) is 5.75 Å². The van der Waals surface area contributed by atoms with Gasteiger partial charge in [-0.1, -0.05) is 6.42 Å². The van der Waals surface area contributed by atoms with Crippen molar-refractivity contribution in [3.63, 3.8) is 0 Å². The minimum atomic E-state index is -2.72. The smallest absolute Gasteiger partial charge is 0.310 e. The summed E-state index contributed by atoms with van der Waals surface area (Å²) in [5, 5.41) is 21.9. The van der Waals surface area contributed by atoms with E-state index >= 15 is 0 Å². The highest BCUT2D eigenvalue weighted by Crippen LogP contribution is 2.42. The number of aliphatic hydroxyl groups is 1. The van der Waals surface area contributed by atoms with Crippen LogP contribution in [-0.2, 0) is 14.5 Å². The van der Waals surface area contributed by atoms with Gasteiger partial charge in [-0.3, -0.25) is 19.7 Å². The van der Waals surface area contributed by atoms with Crippen LogP contribution >= 0.6 is 0 Å². The van der Waals surface area contributed by atoms with Gasteiger partial charge in [0.2, 0.25) is 5.78 Å². The maximum absolute atomic E-state index is 13.1. The average molecular weight is 422 g/mol. The van der Waals surface area contributed by atoms with Gasteiger partial charge in [-0.25, -0.2) is 4.21 Å². The zero-order valence-corrected chi connectivity index (χ0v) is 16.8. The van der Waals surface area contributed by atoms with E-state index in [1.54, 1.807) is 0 Å². The number of allylic oxidation sites excluding steroid dienone is 2. The fourth-order valence-electron chi connectivity index (χ4n) is 3.59. The molecule has 1 fully saturated rings. The Morgan fingerprint density at radius 2 is 1.90 bits per heavy atom. The Hall–Kier alpha value is -2.75. The van der Waals surface area contributed by atoms with Crippen LogP contribution in [0.15, 0.2) is 27.8 Å². The van der Waals surface area contributed by atoms with Crippen molar-refractivity contribution >= 4 is 32.7 Å². The molecule has 0 bridgehead atoms. The van der Waals surface area contributed by atoms with Gasteiger partial charge in [0.25, 0.3) is 0 Å². The molecule has 9 nitrogen and oxygen atoms in total. The number of nitro benzene ring substituents is 1. The average Bonchev–Trinajstić information content (AvgIpc) is 2.67. The van der Waals surface area contributed by atoms with Gasteiger partial charge >= 0.3 is 5.69 Å². The summed E-state index contributed by atoms with van der Waals surface area (Å²) in [6.07, 6.45) is 2.97. The first-order valence-electron chi connectivity index (χ1n) is 9.35. The fraction of sp³-hybridized carbons (Fsp3) is 0.474. The predicted molar refractivity (Wildman–Crippen MR) is 106 cm³/mol. The standard InChI is InChI=1S/C19H22N2O7S/c1-28-15-9-8-12(19(24)16-13(22)6-5-7-14(16)23)18(21(25)26)17(15)20-29(27)10-3-2-4-11-29/h8-9,22H,2-7,10-11H2,1H3. The number of benzene rings is 1. The summed E-state index contributed by atoms with van der Waals surface area (Å²) in [5.74, 6) is -1.20. The van der Waals surface area contributed by atoms with Crippen molar-refractivity contribution < 1.29 is 28.6 Å². The Morgan fingerprint density at radius 3 is 2.48 bits per heavy atom. The van der Waals surface area contributed by atoms with Crippen molar-refractivity contribution in [3.05, 3.63) is 39.1 Å². The highest BCUT2D eigenvalue weighted by atomic mass is 32.2. The van der Waals surface area contributed by atoms with Crippen LogP contribution in [0, 0.1) is 10.1 Å². The molecule has 1 heterocycles. The van der Waals surface area contributed by atoms with Crippen LogP contribution in [0.1, 0.15) is 48.9 Å². The molecule has 0 saturated carbocycles. The second-order valence-corrected chi connectivity index (χ2v) is 9.57. The van der Waals surface area contributed by atoms with Crippen LogP contribution in [0.2, 0.25) is 0 Å². The molecule has 10 heteroatoms. The van der Waals surface area contributed by atoms with E-state index in [0.29, 0.717) is 30.8 Å². The van der Waals surface area contributed by atoms with Crippen molar-refractivity contribution in [1.82, 2.24) is 0 Å². The number of rotatable bonds is 5. The predicted octanol–water partition coefficient (Wildman–Crippen LogP) is 3.63. The molecule has 0 unspecified atom stereocenters. The normalized spacial score (nSPS) is 19.0. The highest BCUT2D eigenvalue weighted by Gasteiger charge is 2.35. The van der Waals surface area contributed by atoms with Gasteiger partial charge in [-0.2, -0.15) is 4.36 Å². The number of nitrogens with zero attached hydrogens (tertiary/aromatic N) is 2. The molecule has 1 saturated heterocycles. The van der Waals surface area contributed by atoms with E-state index in [9.17, 15) is 29.0 Å². The van der Waals surface area contributed by atoms with E-state index in [4.69, 9.17) is 4.74 Å². The molecule has 0 amide bonds. The van der Waals surface area contributed by atoms with E-state index in [0.717, 1.165) is 6.42 Å². The Balaban J connectivity index is 2.24. The molecule has 1 aliphatic heterocycles. The zero-order chi connectivity index (χ0) is 21.2. The zero-order valence-electron chi connectivity index (χ0n) is 16.0. The van der Waals surface area contributed by atoms with Gasteiger partial charge in [-0.05, 0) is 31.4 Å². The second-order valence-electron chi connectivity index (χ2n) is 7.03. The van der Waals surface area contributed by atoms with Crippen molar-refractivity contribution in [1.29, 1.82) is 0 Å². The number of hydrogen-bond acceptors (Lipinski definition) is 8. The molecule has 156 valence electrons. The number of hydrogen-bond donors (Lipinski definition) is 1. The van der Waals surface area contributed by atoms with E-state index in [2.05, 4.69) is 4.36 Å². The second kappa shape index (κ2) is 8.32. The molecule has 1 aromatic rings. The lowest BCUT2D eigenvalue weighted by molar-refractivity contribution is -0.384. The third-order valence-electron chi connectivity index (χ3n) is 5.06. The Bertz CT molecular complexity index is 1020. The van der Waals surface area contributed by atoms with Gasteiger partial charge in [0, 0.05) is 24.3 Å². The van der Waals surface area contributed by atoms with Gasteiger partial charge in [-0.15, -0.1) is 0 Å². The van der Waals surface area contributed by atoms with Crippen LogP contribution in [0.3, 0.4) is 0 Å². The van der Waals surface area contributed by atoms with Crippen LogP contribution in [0.25, 0.3) is 0 Å². The number of aliphatic hydroxyl groups excluding tert-OH is 1. The number of ketones is 2. The Kier molecular flexibility index (Phi) is 6.02. The number of ether oxygens (including phenoxy) is 1. The Morgan fingerprint density at radius 1 is 1.21 bits per heavy atom. The first-order valence-corrected chi connectivity index (χ1v) is 11.2. The molecule has 0 spiro atoms. The quantitative estimate of drug-likeness (QED) is 0.331. The van der Waals surface area contributed by atoms with Crippen LogP contribution in [0.4, 0.5) is 11.4 Å². The van der Waals surface area contributed by atoms with Crippen molar-refractivity contribution in [2.45, 2.75) is 38.5 Å². The first kappa shape index (κ1) is 21.0.